The molecule has 0 bridgehead atoms. The highest BCUT2D eigenvalue weighted by molar-refractivity contribution is 6.31. The van der Waals surface area contributed by atoms with E-state index in [1.807, 2.05) is 4.90 Å². The summed E-state index contributed by atoms with van der Waals surface area (Å²) >= 11 is 5.96. The topological polar surface area (TPSA) is 195 Å². The van der Waals surface area contributed by atoms with Crippen LogP contribution in [0, 0.1) is 5.82 Å². The molecule has 7 rings (SSSR count). The van der Waals surface area contributed by atoms with Crippen LogP contribution in [-0.2, 0) is 19.2 Å². The largest absolute Gasteiger partial charge is 0.491 e. The smallest absolute Gasteiger partial charge is 0.264 e. The molecule has 2 fully saturated rings. The minimum absolute atomic E-state index is 0.0392. The number of unbranched alkanes of at least 4 members (excludes halogenated alkanes) is 2. The third-order valence-corrected chi connectivity index (χ3v) is 11.1. The Kier molecular flexibility index (Phi) is 13.5. The lowest BCUT2D eigenvalue weighted by Crippen LogP contribution is -2.54. The minimum Gasteiger partial charge on any atom is -0.491 e. The molecule has 0 aliphatic carbocycles. The number of fused-ring (bicyclic) bond motifs is 2. The summed E-state index contributed by atoms with van der Waals surface area (Å²) in [4.78, 5) is 89.6. The van der Waals surface area contributed by atoms with Crippen LogP contribution in [0.25, 0.3) is 10.9 Å². The van der Waals surface area contributed by atoms with Crippen LogP contribution in [0.15, 0.2) is 67.5 Å². The zero-order valence-corrected chi connectivity index (χ0v) is 34.1. The molecule has 318 valence electrons. The van der Waals surface area contributed by atoms with Gasteiger partial charge >= 0.3 is 0 Å². The van der Waals surface area contributed by atoms with Crippen LogP contribution in [0.2, 0.25) is 5.02 Å². The van der Waals surface area contributed by atoms with E-state index in [1.165, 1.54) is 24.5 Å². The van der Waals surface area contributed by atoms with Gasteiger partial charge in [0.05, 0.1) is 34.0 Å². The van der Waals surface area contributed by atoms with Crippen LogP contribution in [0.3, 0.4) is 0 Å². The van der Waals surface area contributed by atoms with E-state index in [9.17, 15) is 33.2 Å². The number of imide groups is 2. The molecule has 0 saturated carbocycles. The minimum atomic E-state index is -1.02. The number of aromatic nitrogens is 2. The molecule has 3 aromatic carbocycles. The van der Waals surface area contributed by atoms with E-state index >= 15 is 0 Å². The van der Waals surface area contributed by atoms with E-state index in [2.05, 4.69) is 42.7 Å². The van der Waals surface area contributed by atoms with Crippen molar-refractivity contribution in [2.24, 2.45) is 0 Å². The van der Waals surface area contributed by atoms with Crippen molar-refractivity contribution >= 4 is 80.8 Å². The van der Waals surface area contributed by atoms with Gasteiger partial charge in [-0.2, -0.15) is 0 Å². The maximum atomic E-state index is 13.7. The van der Waals surface area contributed by atoms with E-state index in [4.69, 9.17) is 16.3 Å². The average Bonchev–Trinajstić information content (AvgIpc) is 3.51. The number of halogens is 2. The second kappa shape index (κ2) is 19.3. The number of nitrogens with one attached hydrogen (secondary N) is 4. The zero-order valence-electron chi connectivity index (χ0n) is 33.3. The first-order chi connectivity index (χ1) is 29.5. The van der Waals surface area contributed by atoms with Crippen LogP contribution < -0.4 is 26.0 Å². The maximum Gasteiger partial charge on any atom is 0.264 e. The van der Waals surface area contributed by atoms with Crippen molar-refractivity contribution in [1.82, 2.24) is 30.0 Å². The van der Waals surface area contributed by atoms with Crippen molar-refractivity contribution in [2.75, 3.05) is 61.8 Å². The van der Waals surface area contributed by atoms with Gasteiger partial charge in [0.25, 0.3) is 11.8 Å². The number of carbonyl (C=O) groups is 6. The number of nitrogens with zero attached hydrogens (tertiary/aromatic N) is 5. The maximum absolute atomic E-state index is 13.7. The predicted molar refractivity (Wildman–Crippen MR) is 226 cm³/mol. The molecule has 4 aromatic rings. The molecular formula is C43H45ClFN9O7. The van der Waals surface area contributed by atoms with Crippen LogP contribution in [0.1, 0.15) is 65.7 Å². The Hall–Kier alpha value is -6.46. The van der Waals surface area contributed by atoms with Gasteiger partial charge in [0, 0.05) is 74.9 Å². The average molecular weight is 854 g/mol. The summed E-state index contributed by atoms with van der Waals surface area (Å²) in [5.41, 5.74) is 2.44. The molecule has 4 N–H and O–H groups in total. The van der Waals surface area contributed by atoms with Crippen LogP contribution in [0.4, 0.5) is 27.3 Å². The number of ether oxygens (including phenoxy) is 1. The van der Waals surface area contributed by atoms with Crippen molar-refractivity contribution < 1.29 is 37.9 Å². The fraction of sp³-hybridized carbons (Fsp3) is 0.349. The lowest BCUT2D eigenvalue weighted by Gasteiger charge is -2.34. The van der Waals surface area contributed by atoms with Gasteiger partial charge in [-0.3, -0.25) is 43.9 Å². The summed E-state index contributed by atoms with van der Waals surface area (Å²) in [7, 11) is 0. The summed E-state index contributed by atoms with van der Waals surface area (Å²) in [5.74, 6) is -2.17. The van der Waals surface area contributed by atoms with Gasteiger partial charge in [0.15, 0.2) is 0 Å². The number of carbonyl (C=O) groups excluding carboxylic acids is 6. The van der Waals surface area contributed by atoms with Gasteiger partial charge in [0.1, 0.15) is 29.8 Å². The molecule has 16 nitrogen and oxygen atoms in total. The highest BCUT2D eigenvalue weighted by atomic mass is 35.5. The van der Waals surface area contributed by atoms with E-state index in [0.29, 0.717) is 85.0 Å². The lowest BCUT2D eigenvalue weighted by atomic mass is 10.0. The van der Waals surface area contributed by atoms with Gasteiger partial charge in [-0.25, -0.2) is 14.4 Å². The predicted octanol–water partition coefficient (Wildman–Crippen LogP) is 5.28. The van der Waals surface area contributed by atoms with Crippen molar-refractivity contribution in [3.63, 3.8) is 0 Å². The second-order valence-electron chi connectivity index (χ2n) is 14.9. The number of anilines is 4. The summed E-state index contributed by atoms with van der Waals surface area (Å²) in [5, 5.41) is 11.9. The Morgan fingerprint density at radius 3 is 2.56 bits per heavy atom. The SMILES string of the molecule is C=CC(=O)Nc1cc2c(Nc3ccc(F)c(Cl)c3)ncnc2cc1OCCCN1CCN(C(=O)CCCCCNc2cccc3c2C(=O)N(C2CCC(=O)NC2=O)C3=O)CC1. The standard InChI is InChI=1S/C43H45ClFN9O7/c1-2-36(55)50-33-23-28-32(47-25-48-40(28)49-26-11-12-30(45)29(44)22-26)24-35(33)61-21-7-16-52-17-19-53(20-18-52)38(57)10-4-3-5-15-46-31-9-6-8-27-39(31)43(60)54(42(27)59)34-13-14-37(56)51-41(34)58/h2,6,8-9,11-12,22-25,34,46H,1,3-5,7,10,13-21H2,(H,50,55)(H,47,48,49)(H,51,56,58). The molecule has 1 unspecified atom stereocenters. The monoisotopic (exact) mass is 853 g/mol. The molecule has 6 amide bonds. The lowest BCUT2D eigenvalue weighted by molar-refractivity contribution is -0.136. The van der Waals surface area contributed by atoms with E-state index in [0.717, 1.165) is 43.5 Å². The van der Waals surface area contributed by atoms with Crippen molar-refractivity contribution in [3.8, 4) is 5.75 Å². The Bertz CT molecular complexity index is 2390. The number of rotatable bonds is 17. The number of hydrogen-bond donors (Lipinski definition) is 4. The number of piperidine rings is 1. The molecule has 0 radical (unpaired) electrons. The molecule has 4 heterocycles. The highest BCUT2D eigenvalue weighted by Crippen LogP contribution is 2.35. The van der Waals surface area contributed by atoms with Crippen molar-refractivity contribution in [3.05, 3.63) is 89.5 Å². The Morgan fingerprint density at radius 1 is 0.967 bits per heavy atom. The third kappa shape index (κ3) is 9.95. The van der Waals surface area contributed by atoms with Crippen molar-refractivity contribution in [1.29, 1.82) is 0 Å². The van der Waals surface area contributed by atoms with Crippen LogP contribution >= 0.6 is 11.6 Å². The fourth-order valence-corrected chi connectivity index (χ4v) is 7.79. The van der Waals surface area contributed by atoms with Gasteiger partial charge in [0.2, 0.25) is 23.6 Å². The summed E-state index contributed by atoms with van der Waals surface area (Å²) < 4.78 is 19.9. The number of benzene rings is 3. The Balaban J connectivity index is 0.822. The highest BCUT2D eigenvalue weighted by Gasteiger charge is 2.45. The molecule has 61 heavy (non-hydrogen) atoms. The molecule has 3 aliphatic rings. The first-order valence-corrected chi connectivity index (χ1v) is 20.5. The van der Waals surface area contributed by atoms with E-state index in [-0.39, 0.29) is 34.9 Å². The summed E-state index contributed by atoms with van der Waals surface area (Å²) in [6.07, 6.45) is 6.07. The van der Waals surface area contributed by atoms with Gasteiger partial charge in [-0.15, -0.1) is 0 Å². The second-order valence-corrected chi connectivity index (χ2v) is 15.3. The molecule has 3 aliphatic heterocycles. The third-order valence-electron chi connectivity index (χ3n) is 10.8. The number of hydrogen-bond acceptors (Lipinski definition) is 12. The Morgan fingerprint density at radius 2 is 1.79 bits per heavy atom. The van der Waals surface area contributed by atoms with E-state index < -0.39 is 41.4 Å². The quantitative estimate of drug-likeness (QED) is 0.0611. The van der Waals surface area contributed by atoms with Gasteiger partial charge in [-0.05, 0) is 68.2 Å². The zero-order chi connectivity index (χ0) is 43.0. The number of piperazine rings is 1. The Labute approximate surface area is 355 Å². The normalized spacial score (nSPS) is 16.7. The van der Waals surface area contributed by atoms with E-state index in [1.54, 1.807) is 30.3 Å². The first kappa shape index (κ1) is 42.7. The molecule has 18 heteroatoms. The summed E-state index contributed by atoms with van der Waals surface area (Å²) in [6.45, 7) is 7.93. The van der Waals surface area contributed by atoms with Gasteiger partial charge in [-0.1, -0.05) is 30.7 Å². The molecule has 1 aromatic heterocycles. The molecule has 1 atom stereocenters. The first-order valence-electron chi connectivity index (χ1n) is 20.2. The van der Waals surface area contributed by atoms with Crippen LogP contribution in [-0.4, -0.2) is 112 Å². The van der Waals surface area contributed by atoms with Crippen LogP contribution in [0.5, 0.6) is 5.75 Å². The molecule has 0 spiro atoms. The van der Waals surface area contributed by atoms with Gasteiger partial charge < -0.3 is 25.6 Å². The molecular weight excluding hydrogens is 809 g/mol. The van der Waals surface area contributed by atoms with Crippen molar-refractivity contribution in [2.45, 2.75) is 51.0 Å². The number of amides is 6. The summed E-state index contributed by atoms with van der Waals surface area (Å²) in [6, 6.07) is 11.6. The fourth-order valence-electron chi connectivity index (χ4n) is 7.61. The molecule has 2 saturated heterocycles.